The van der Waals surface area contributed by atoms with Gasteiger partial charge in [0.05, 0.1) is 16.6 Å². The number of benzene rings is 2. The van der Waals surface area contributed by atoms with Crippen LogP contribution in [0.25, 0.3) is 6.08 Å². The molecule has 4 rings (SSSR count). The lowest BCUT2D eigenvalue weighted by molar-refractivity contribution is -0.132. The van der Waals surface area contributed by atoms with Gasteiger partial charge in [-0.05, 0) is 77.2 Å². The highest BCUT2D eigenvalue weighted by Crippen LogP contribution is 2.38. The largest absolute Gasteiger partial charge is 0.490 e. The molecule has 4 amide bonds. The second-order valence-electron chi connectivity index (χ2n) is 8.84. The molecule has 0 aromatic heterocycles. The summed E-state index contributed by atoms with van der Waals surface area (Å²) in [5.41, 5.74) is 1.35. The number of aromatic carboxylic acids is 1. The Balaban J connectivity index is 1.59. The number of rotatable bonds is 8. The summed E-state index contributed by atoms with van der Waals surface area (Å²) in [6.07, 6.45) is 5.84. The second kappa shape index (κ2) is 11.6. The minimum absolute atomic E-state index is 0.119. The Morgan fingerprint density at radius 1 is 1.11 bits per heavy atom. The summed E-state index contributed by atoms with van der Waals surface area (Å²) in [6, 6.07) is 8.81. The van der Waals surface area contributed by atoms with E-state index in [2.05, 4.69) is 21.2 Å². The predicted molar refractivity (Wildman–Crippen MR) is 138 cm³/mol. The van der Waals surface area contributed by atoms with Crippen LogP contribution in [0.3, 0.4) is 0 Å². The van der Waals surface area contributed by atoms with Crippen molar-refractivity contribution in [2.75, 3.05) is 6.61 Å². The maximum Gasteiger partial charge on any atom is 0.335 e. The van der Waals surface area contributed by atoms with Gasteiger partial charge in [0, 0.05) is 6.04 Å². The highest BCUT2D eigenvalue weighted by atomic mass is 79.9. The normalized spacial score (nSPS) is 17.6. The molecule has 1 aliphatic heterocycles. The first-order valence-electron chi connectivity index (χ1n) is 12.1. The molecular weight excluding hydrogens is 544 g/mol. The van der Waals surface area contributed by atoms with E-state index in [1.165, 1.54) is 23.1 Å². The van der Waals surface area contributed by atoms with Crippen LogP contribution < -0.4 is 14.8 Å². The van der Waals surface area contributed by atoms with Gasteiger partial charge >= 0.3 is 12.0 Å². The maximum atomic E-state index is 13.2. The summed E-state index contributed by atoms with van der Waals surface area (Å²) in [5, 5.41) is 11.4. The summed E-state index contributed by atoms with van der Waals surface area (Å²) in [7, 11) is 0. The molecule has 2 fully saturated rings. The van der Waals surface area contributed by atoms with Crippen LogP contribution in [0.2, 0.25) is 0 Å². The predicted octanol–water partition coefficient (Wildman–Crippen LogP) is 4.92. The van der Waals surface area contributed by atoms with Crippen LogP contribution in [0.4, 0.5) is 4.79 Å². The third-order valence-corrected chi connectivity index (χ3v) is 6.89. The number of imide groups is 2. The minimum atomic E-state index is -1.00. The van der Waals surface area contributed by atoms with E-state index in [4.69, 9.17) is 14.6 Å². The molecule has 37 heavy (non-hydrogen) atoms. The number of halogens is 1. The number of ether oxygens (including phenoxy) is 2. The summed E-state index contributed by atoms with van der Waals surface area (Å²) in [6.45, 7) is 2.33. The van der Waals surface area contributed by atoms with Crippen LogP contribution in [0, 0.1) is 0 Å². The Morgan fingerprint density at radius 2 is 1.81 bits per heavy atom. The van der Waals surface area contributed by atoms with Gasteiger partial charge in [-0.2, -0.15) is 0 Å². The molecule has 2 aromatic carbocycles. The molecule has 0 bridgehead atoms. The summed E-state index contributed by atoms with van der Waals surface area (Å²) in [4.78, 5) is 50.5. The van der Waals surface area contributed by atoms with Gasteiger partial charge in [0.1, 0.15) is 12.2 Å². The molecule has 1 heterocycles. The van der Waals surface area contributed by atoms with Crippen molar-refractivity contribution < 1.29 is 33.8 Å². The number of carbonyl (C=O) groups is 4. The minimum Gasteiger partial charge on any atom is -0.490 e. The van der Waals surface area contributed by atoms with Crippen molar-refractivity contribution in [3.8, 4) is 11.5 Å². The van der Waals surface area contributed by atoms with E-state index in [0.717, 1.165) is 37.7 Å². The first-order chi connectivity index (χ1) is 17.8. The molecular formula is C27H27BrN2O7. The van der Waals surface area contributed by atoms with E-state index in [-0.39, 0.29) is 23.8 Å². The third kappa shape index (κ3) is 6.02. The number of carboxylic acids is 1. The fourth-order valence-electron chi connectivity index (χ4n) is 4.48. The number of carbonyl (C=O) groups excluding carboxylic acids is 3. The van der Waals surface area contributed by atoms with Crippen molar-refractivity contribution in [3.05, 3.63) is 63.1 Å². The Hall–Kier alpha value is -3.66. The summed E-state index contributed by atoms with van der Waals surface area (Å²) < 4.78 is 12.3. The van der Waals surface area contributed by atoms with E-state index in [1.807, 2.05) is 6.92 Å². The SMILES string of the molecule is CCOc1cc(C=C2C(=O)NC(=O)N(C3CCCCC3)C2=O)cc(Br)c1OCc1ccc(C(=O)O)cc1. The van der Waals surface area contributed by atoms with Crippen LogP contribution in [0.15, 0.2) is 46.4 Å². The van der Waals surface area contributed by atoms with E-state index in [9.17, 15) is 19.2 Å². The van der Waals surface area contributed by atoms with Crippen molar-refractivity contribution in [1.29, 1.82) is 0 Å². The lowest BCUT2D eigenvalue weighted by atomic mass is 9.93. The first kappa shape index (κ1) is 26.4. The zero-order chi connectivity index (χ0) is 26.5. The topological polar surface area (TPSA) is 122 Å². The Bertz CT molecular complexity index is 1250. The van der Waals surface area contributed by atoms with Crippen LogP contribution >= 0.6 is 15.9 Å². The fourth-order valence-corrected chi connectivity index (χ4v) is 5.06. The van der Waals surface area contributed by atoms with Gasteiger partial charge in [0.15, 0.2) is 11.5 Å². The van der Waals surface area contributed by atoms with Crippen molar-refractivity contribution >= 4 is 45.8 Å². The molecule has 2 N–H and O–H groups in total. The highest BCUT2D eigenvalue weighted by Gasteiger charge is 2.40. The molecule has 194 valence electrons. The zero-order valence-corrected chi connectivity index (χ0v) is 21.9. The van der Waals surface area contributed by atoms with Gasteiger partial charge in [-0.3, -0.25) is 19.8 Å². The number of hydrogen-bond donors (Lipinski definition) is 2. The molecule has 0 radical (unpaired) electrons. The van der Waals surface area contributed by atoms with Gasteiger partial charge in [-0.15, -0.1) is 0 Å². The molecule has 0 unspecified atom stereocenters. The number of carboxylic acid groups (broad SMARTS) is 1. The van der Waals surface area contributed by atoms with E-state index in [1.54, 1.807) is 24.3 Å². The monoisotopic (exact) mass is 570 g/mol. The summed E-state index contributed by atoms with van der Waals surface area (Å²) in [5.74, 6) is -1.52. The maximum absolute atomic E-state index is 13.2. The Labute approximate surface area is 222 Å². The molecule has 2 aromatic rings. The van der Waals surface area contributed by atoms with E-state index >= 15 is 0 Å². The average molecular weight is 571 g/mol. The van der Waals surface area contributed by atoms with E-state index in [0.29, 0.717) is 28.1 Å². The summed E-state index contributed by atoms with van der Waals surface area (Å²) >= 11 is 3.49. The lowest BCUT2D eigenvalue weighted by Crippen LogP contribution is -2.58. The second-order valence-corrected chi connectivity index (χ2v) is 9.69. The molecule has 1 saturated carbocycles. The molecule has 0 atom stereocenters. The molecule has 9 nitrogen and oxygen atoms in total. The van der Waals surface area contributed by atoms with Gasteiger partial charge in [-0.1, -0.05) is 31.4 Å². The third-order valence-electron chi connectivity index (χ3n) is 6.30. The molecule has 10 heteroatoms. The fraction of sp³-hybridized carbons (Fsp3) is 0.333. The van der Waals surface area contributed by atoms with Gasteiger partial charge in [0.2, 0.25) is 0 Å². The highest BCUT2D eigenvalue weighted by molar-refractivity contribution is 9.10. The van der Waals surface area contributed by atoms with Gasteiger partial charge < -0.3 is 14.6 Å². The Morgan fingerprint density at radius 3 is 2.46 bits per heavy atom. The standard InChI is InChI=1S/C27H27BrN2O7/c1-2-36-22-14-17(13-21(28)23(22)37-15-16-8-10-18(11-9-16)26(33)34)12-20-24(31)29-27(35)30(25(20)32)19-6-4-3-5-7-19/h8-14,19H,2-7,15H2,1H3,(H,33,34)(H,29,31,35). The zero-order valence-electron chi connectivity index (χ0n) is 20.3. The van der Waals surface area contributed by atoms with Gasteiger partial charge in [-0.25, -0.2) is 9.59 Å². The molecule has 0 spiro atoms. The van der Waals surface area contributed by atoms with Crippen molar-refractivity contribution in [2.24, 2.45) is 0 Å². The molecule has 2 aliphatic rings. The van der Waals surface area contributed by atoms with Gasteiger partial charge in [0.25, 0.3) is 11.8 Å². The Kier molecular flexibility index (Phi) is 8.27. The molecule has 1 aliphatic carbocycles. The smallest absolute Gasteiger partial charge is 0.335 e. The van der Waals surface area contributed by atoms with Crippen molar-refractivity contribution in [1.82, 2.24) is 10.2 Å². The van der Waals surface area contributed by atoms with Crippen LogP contribution in [-0.2, 0) is 16.2 Å². The van der Waals surface area contributed by atoms with Crippen LogP contribution in [0.5, 0.6) is 11.5 Å². The number of barbiturate groups is 1. The lowest BCUT2D eigenvalue weighted by Gasteiger charge is -2.35. The number of urea groups is 1. The number of nitrogens with zero attached hydrogens (tertiary/aromatic N) is 1. The average Bonchev–Trinajstić information content (AvgIpc) is 2.87. The molecule has 1 saturated heterocycles. The first-order valence-corrected chi connectivity index (χ1v) is 12.9. The number of amides is 4. The van der Waals surface area contributed by atoms with Crippen LogP contribution in [-0.4, -0.2) is 46.5 Å². The van der Waals surface area contributed by atoms with Crippen LogP contribution in [0.1, 0.15) is 60.5 Å². The van der Waals surface area contributed by atoms with Crippen molar-refractivity contribution in [3.63, 3.8) is 0 Å². The number of nitrogens with one attached hydrogen (secondary N) is 1. The van der Waals surface area contributed by atoms with E-state index < -0.39 is 23.8 Å². The quantitative estimate of drug-likeness (QED) is 0.341. The van der Waals surface area contributed by atoms with Crippen molar-refractivity contribution in [2.45, 2.75) is 51.7 Å². The number of hydrogen-bond acceptors (Lipinski definition) is 6.